The number of aromatic nitrogens is 1. The van der Waals surface area contributed by atoms with Crippen LogP contribution in [-0.4, -0.2) is 16.9 Å². The Balaban J connectivity index is 2.05. The Morgan fingerprint density at radius 3 is 2.17 bits per heavy atom. The smallest absolute Gasteiger partial charge is 0.231 e. The molecular weight excluding hydrogens is 360 g/mol. The average molecular weight is 395 g/mol. The van der Waals surface area contributed by atoms with Gasteiger partial charge in [0.1, 0.15) is 5.75 Å². The van der Waals surface area contributed by atoms with Crippen LogP contribution in [0.3, 0.4) is 0 Å². The van der Waals surface area contributed by atoms with Gasteiger partial charge in [0.05, 0.1) is 12.1 Å². The number of carbonyl (C=O) groups is 1. The van der Waals surface area contributed by atoms with E-state index < -0.39 is 0 Å². The van der Waals surface area contributed by atoms with Crippen molar-refractivity contribution in [2.75, 3.05) is 4.90 Å². The van der Waals surface area contributed by atoms with Crippen molar-refractivity contribution < 1.29 is 9.53 Å². The zero-order valence-corrected chi connectivity index (χ0v) is 19.1. The Kier molecular flexibility index (Phi) is 5.75. The van der Waals surface area contributed by atoms with E-state index in [0.29, 0.717) is 12.3 Å². The molecule has 1 aromatic heterocycles. The van der Waals surface area contributed by atoms with Gasteiger partial charge in [-0.3, -0.25) is 4.79 Å². The van der Waals surface area contributed by atoms with E-state index in [1.54, 1.807) is 0 Å². The number of fused-ring (bicyclic) bond motifs is 1. The summed E-state index contributed by atoms with van der Waals surface area (Å²) in [6, 6.07) is 6.63. The first kappa shape index (κ1) is 21.4. The second-order valence-corrected chi connectivity index (χ2v) is 9.27. The fraction of sp³-hybridized carbons (Fsp3) is 0.520. The zero-order valence-electron chi connectivity index (χ0n) is 19.1. The van der Waals surface area contributed by atoms with E-state index in [9.17, 15) is 4.79 Å². The molecule has 1 aromatic carbocycles. The lowest BCUT2D eigenvalue weighted by atomic mass is 9.85. The van der Waals surface area contributed by atoms with E-state index in [1.807, 2.05) is 17.9 Å². The number of rotatable bonds is 5. The molecule has 1 aliphatic heterocycles. The number of hydrogen-bond donors (Lipinski definition) is 0. The van der Waals surface area contributed by atoms with Gasteiger partial charge in [0.25, 0.3) is 0 Å². The molecule has 1 aliphatic rings. The van der Waals surface area contributed by atoms with Gasteiger partial charge in [-0.15, -0.1) is 0 Å². The molecular formula is C25H34N2O2. The van der Waals surface area contributed by atoms with Gasteiger partial charge < -0.3 is 9.64 Å². The number of pyridine rings is 1. The van der Waals surface area contributed by atoms with Crippen molar-refractivity contribution in [1.82, 2.24) is 4.98 Å². The number of ether oxygens (including phenoxy) is 1. The number of anilines is 1. The third-order valence-electron chi connectivity index (χ3n) is 5.88. The standard InChI is InChI=1S/C25H34N2O2/c1-9-19(10-2)27-21-13-17(5)26-24(20(21)14-22(27)28)29-23-15(3)11-18(12-16(23)4)25(6,7)8/h11-13,19H,9-10,14H2,1-8H3. The molecule has 0 spiro atoms. The van der Waals surface area contributed by atoms with E-state index in [0.717, 1.165) is 46.7 Å². The molecule has 2 heterocycles. The third kappa shape index (κ3) is 4.03. The molecule has 4 nitrogen and oxygen atoms in total. The van der Waals surface area contributed by atoms with Crippen LogP contribution in [-0.2, 0) is 16.6 Å². The number of nitrogens with zero attached hydrogens (tertiary/aromatic N) is 2. The van der Waals surface area contributed by atoms with Crippen LogP contribution < -0.4 is 9.64 Å². The first-order valence-electron chi connectivity index (χ1n) is 10.7. The van der Waals surface area contributed by atoms with Gasteiger partial charge in [0.2, 0.25) is 11.8 Å². The van der Waals surface area contributed by atoms with E-state index in [2.05, 4.69) is 65.6 Å². The summed E-state index contributed by atoms with van der Waals surface area (Å²) in [5.41, 5.74) is 6.29. The largest absolute Gasteiger partial charge is 0.438 e. The van der Waals surface area contributed by atoms with Crippen molar-refractivity contribution >= 4 is 11.6 Å². The number of hydrogen-bond acceptors (Lipinski definition) is 3. The highest BCUT2D eigenvalue weighted by atomic mass is 16.5. The highest BCUT2D eigenvalue weighted by Crippen LogP contribution is 2.41. The summed E-state index contributed by atoms with van der Waals surface area (Å²) in [7, 11) is 0. The average Bonchev–Trinajstić information content (AvgIpc) is 2.95. The maximum Gasteiger partial charge on any atom is 0.231 e. The molecule has 0 unspecified atom stereocenters. The maximum atomic E-state index is 12.8. The van der Waals surface area contributed by atoms with Crippen LogP contribution in [0.5, 0.6) is 11.6 Å². The fourth-order valence-electron chi connectivity index (χ4n) is 4.19. The summed E-state index contributed by atoms with van der Waals surface area (Å²) < 4.78 is 6.38. The molecule has 3 rings (SSSR count). The highest BCUT2D eigenvalue weighted by molar-refractivity contribution is 6.02. The number of aryl methyl sites for hydroxylation is 3. The van der Waals surface area contributed by atoms with Crippen LogP contribution in [0.2, 0.25) is 0 Å². The summed E-state index contributed by atoms with van der Waals surface area (Å²) in [5, 5.41) is 0. The summed E-state index contributed by atoms with van der Waals surface area (Å²) in [4.78, 5) is 19.5. The van der Waals surface area contributed by atoms with Gasteiger partial charge in [-0.25, -0.2) is 4.98 Å². The summed E-state index contributed by atoms with van der Waals surface area (Å²) in [6.45, 7) is 17.0. The lowest BCUT2D eigenvalue weighted by molar-refractivity contribution is -0.117. The molecule has 0 saturated heterocycles. The van der Waals surface area contributed by atoms with E-state index in [4.69, 9.17) is 4.74 Å². The Morgan fingerprint density at radius 1 is 1.07 bits per heavy atom. The summed E-state index contributed by atoms with van der Waals surface area (Å²) in [5.74, 6) is 1.55. The van der Waals surface area contributed by atoms with Crippen molar-refractivity contribution in [3.63, 3.8) is 0 Å². The molecule has 156 valence electrons. The van der Waals surface area contributed by atoms with Crippen LogP contribution in [0.15, 0.2) is 18.2 Å². The Morgan fingerprint density at radius 2 is 1.66 bits per heavy atom. The minimum Gasteiger partial charge on any atom is -0.438 e. The van der Waals surface area contributed by atoms with Gasteiger partial charge in [0, 0.05) is 17.3 Å². The van der Waals surface area contributed by atoms with E-state index in [1.165, 1.54) is 5.56 Å². The molecule has 1 amide bonds. The second kappa shape index (κ2) is 7.81. The van der Waals surface area contributed by atoms with Crippen LogP contribution >= 0.6 is 0 Å². The topological polar surface area (TPSA) is 42.4 Å². The van der Waals surface area contributed by atoms with E-state index >= 15 is 0 Å². The Hall–Kier alpha value is -2.36. The Labute approximate surface area is 175 Å². The fourth-order valence-corrected chi connectivity index (χ4v) is 4.19. The number of amides is 1. The number of carbonyl (C=O) groups excluding carboxylic acids is 1. The minimum atomic E-state index is 0.0825. The van der Waals surface area contributed by atoms with Gasteiger partial charge in [-0.05, 0) is 61.8 Å². The van der Waals surface area contributed by atoms with Crippen molar-refractivity contribution in [2.45, 2.75) is 86.1 Å². The quantitative estimate of drug-likeness (QED) is 0.608. The molecule has 2 aromatic rings. The molecule has 0 bridgehead atoms. The van der Waals surface area contributed by atoms with Crippen LogP contribution in [0.25, 0.3) is 0 Å². The first-order chi connectivity index (χ1) is 13.6. The molecule has 0 N–H and O–H groups in total. The molecule has 29 heavy (non-hydrogen) atoms. The first-order valence-corrected chi connectivity index (χ1v) is 10.7. The van der Waals surface area contributed by atoms with Crippen molar-refractivity contribution in [1.29, 1.82) is 0 Å². The molecule has 0 fully saturated rings. The van der Waals surface area contributed by atoms with Gasteiger partial charge in [-0.2, -0.15) is 0 Å². The molecule has 0 saturated carbocycles. The van der Waals surface area contributed by atoms with Crippen molar-refractivity contribution in [3.8, 4) is 11.6 Å². The molecule has 0 radical (unpaired) electrons. The normalized spacial score (nSPS) is 14.0. The van der Waals surface area contributed by atoms with Gasteiger partial charge in [-0.1, -0.05) is 46.8 Å². The SMILES string of the molecule is CCC(CC)N1C(=O)Cc2c1cc(C)nc2Oc1c(C)cc(C(C)(C)C)cc1C. The summed E-state index contributed by atoms with van der Waals surface area (Å²) >= 11 is 0. The molecule has 0 aliphatic carbocycles. The van der Waals surface area contributed by atoms with Crippen molar-refractivity contribution in [3.05, 3.63) is 46.1 Å². The Bertz CT molecular complexity index is 914. The predicted molar refractivity (Wildman–Crippen MR) is 119 cm³/mol. The van der Waals surface area contributed by atoms with E-state index in [-0.39, 0.29) is 17.4 Å². The van der Waals surface area contributed by atoms with Crippen LogP contribution in [0.4, 0.5) is 5.69 Å². The van der Waals surface area contributed by atoms with Gasteiger partial charge in [0.15, 0.2) is 0 Å². The predicted octanol–water partition coefficient (Wildman–Crippen LogP) is 6.17. The minimum absolute atomic E-state index is 0.0825. The third-order valence-corrected chi connectivity index (χ3v) is 5.88. The van der Waals surface area contributed by atoms with Gasteiger partial charge >= 0.3 is 0 Å². The number of benzene rings is 1. The lowest BCUT2D eigenvalue weighted by Crippen LogP contribution is -2.37. The summed E-state index contributed by atoms with van der Waals surface area (Å²) in [6.07, 6.45) is 2.23. The molecule has 4 heteroatoms. The molecule has 0 atom stereocenters. The van der Waals surface area contributed by atoms with Crippen LogP contribution in [0.1, 0.15) is 75.4 Å². The lowest BCUT2D eigenvalue weighted by Gasteiger charge is -2.27. The second-order valence-electron chi connectivity index (χ2n) is 9.27. The maximum absolute atomic E-state index is 12.8. The van der Waals surface area contributed by atoms with Crippen molar-refractivity contribution in [2.24, 2.45) is 0 Å². The zero-order chi connectivity index (χ0) is 21.5. The van der Waals surface area contributed by atoms with Crippen LogP contribution in [0, 0.1) is 20.8 Å². The highest BCUT2D eigenvalue weighted by Gasteiger charge is 2.35. The monoisotopic (exact) mass is 394 g/mol.